The summed E-state index contributed by atoms with van der Waals surface area (Å²) in [6.07, 6.45) is 0. The highest BCUT2D eigenvalue weighted by Crippen LogP contribution is 2.57. The van der Waals surface area contributed by atoms with Crippen molar-refractivity contribution >= 4 is 48.6 Å². The van der Waals surface area contributed by atoms with E-state index in [9.17, 15) is 0 Å². The molecule has 10 aromatic carbocycles. The molecule has 0 aliphatic heterocycles. The summed E-state index contributed by atoms with van der Waals surface area (Å²) in [5.74, 6) is 0. The first kappa shape index (κ1) is 37.0. The molecular weight excluding hydrogens is 779 g/mol. The third-order valence-corrected chi connectivity index (χ3v) is 14.2. The predicted octanol–water partition coefficient (Wildman–Crippen LogP) is 16.9. The summed E-state index contributed by atoms with van der Waals surface area (Å²) < 4.78 is 2.53. The van der Waals surface area contributed by atoms with Gasteiger partial charge in [0.05, 0.1) is 21.5 Å². The first-order valence-electron chi connectivity index (χ1n) is 21.7. The highest BCUT2D eigenvalue weighted by atomic mass is 32.1. The van der Waals surface area contributed by atoms with Gasteiger partial charge < -0.3 is 4.90 Å². The lowest BCUT2D eigenvalue weighted by Gasteiger charge is -2.34. The first-order valence-corrected chi connectivity index (χ1v) is 22.5. The van der Waals surface area contributed by atoms with Gasteiger partial charge in [-0.05, 0) is 104 Å². The topological polar surface area (TPSA) is 3.24 Å². The molecule has 0 amide bonds. The van der Waals surface area contributed by atoms with Gasteiger partial charge in [-0.25, -0.2) is 0 Å². The van der Waals surface area contributed by atoms with Crippen LogP contribution in [-0.2, 0) is 5.41 Å². The Morgan fingerprint density at radius 1 is 0.317 bits per heavy atom. The normalized spacial score (nSPS) is 12.6. The van der Waals surface area contributed by atoms with Gasteiger partial charge in [0.1, 0.15) is 0 Å². The Kier molecular flexibility index (Phi) is 8.98. The molecule has 11 aromatic rings. The van der Waals surface area contributed by atoms with Gasteiger partial charge >= 0.3 is 0 Å². The summed E-state index contributed by atoms with van der Waals surface area (Å²) in [6.45, 7) is 0. The molecule has 0 bridgehead atoms. The Labute approximate surface area is 372 Å². The van der Waals surface area contributed by atoms with E-state index in [-0.39, 0.29) is 0 Å². The maximum Gasteiger partial charge on any atom is 0.0713 e. The lowest BCUT2D eigenvalue weighted by atomic mass is 9.67. The molecule has 12 rings (SSSR count). The molecule has 1 aromatic heterocycles. The quantitative estimate of drug-likeness (QED) is 0.148. The highest BCUT2D eigenvalue weighted by molar-refractivity contribution is 7.26. The van der Waals surface area contributed by atoms with E-state index in [0.717, 1.165) is 17.1 Å². The molecule has 1 aliphatic carbocycles. The van der Waals surface area contributed by atoms with Crippen molar-refractivity contribution in [1.82, 2.24) is 0 Å². The second kappa shape index (κ2) is 15.3. The number of nitrogens with zero attached hydrogens (tertiary/aromatic N) is 1. The molecule has 0 saturated carbocycles. The van der Waals surface area contributed by atoms with Crippen molar-refractivity contribution in [3.8, 4) is 44.5 Å². The number of para-hydroxylation sites is 1. The van der Waals surface area contributed by atoms with E-state index in [2.05, 4.69) is 254 Å². The van der Waals surface area contributed by atoms with E-state index in [1.54, 1.807) is 0 Å². The van der Waals surface area contributed by atoms with Crippen molar-refractivity contribution in [1.29, 1.82) is 0 Å². The molecule has 0 unspecified atom stereocenters. The Balaban J connectivity index is 1.13. The lowest BCUT2D eigenvalue weighted by molar-refractivity contribution is 0.769. The van der Waals surface area contributed by atoms with Crippen LogP contribution in [0.2, 0.25) is 0 Å². The minimum Gasteiger partial charge on any atom is -0.308 e. The van der Waals surface area contributed by atoms with Crippen LogP contribution in [0.15, 0.2) is 249 Å². The number of benzene rings is 10. The number of anilines is 3. The van der Waals surface area contributed by atoms with Gasteiger partial charge in [-0.1, -0.05) is 206 Å². The highest BCUT2D eigenvalue weighted by Gasteiger charge is 2.46. The van der Waals surface area contributed by atoms with Gasteiger partial charge in [-0.15, -0.1) is 11.3 Å². The number of rotatable bonds is 8. The van der Waals surface area contributed by atoms with Crippen LogP contribution in [0.4, 0.5) is 17.1 Å². The number of hydrogen-bond donors (Lipinski definition) is 0. The van der Waals surface area contributed by atoms with E-state index in [1.807, 2.05) is 11.3 Å². The van der Waals surface area contributed by atoms with Gasteiger partial charge in [-0.2, -0.15) is 0 Å². The molecule has 0 spiro atoms. The van der Waals surface area contributed by atoms with Crippen LogP contribution in [0.25, 0.3) is 64.7 Å². The zero-order valence-corrected chi connectivity index (χ0v) is 35.3. The molecule has 1 aliphatic rings. The van der Waals surface area contributed by atoms with Gasteiger partial charge in [0, 0.05) is 26.7 Å². The summed E-state index contributed by atoms with van der Waals surface area (Å²) in [7, 11) is 0. The lowest BCUT2D eigenvalue weighted by Crippen LogP contribution is -2.28. The van der Waals surface area contributed by atoms with Crippen molar-refractivity contribution in [3.05, 3.63) is 271 Å². The minimum atomic E-state index is -0.492. The summed E-state index contributed by atoms with van der Waals surface area (Å²) in [5.41, 5.74) is 17.7. The van der Waals surface area contributed by atoms with E-state index >= 15 is 0 Å². The second-order valence-corrected chi connectivity index (χ2v) is 17.4. The van der Waals surface area contributed by atoms with Crippen molar-refractivity contribution in [3.63, 3.8) is 0 Å². The first-order chi connectivity index (χ1) is 31.3. The Hall–Kier alpha value is -7.78. The minimum absolute atomic E-state index is 0.492. The van der Waals surface area contributed by atoms with Crippen LogP contribution in [0, 0.1) is 0 Å². The van der Waals surface area contributed by atoms with Gasteiger partial charge in [0.2, 0.25) is 0 Å². The van der Waals surface area contributed by atoms with Gasteiger partial charge in [0.15, 0.2) is 0 Å². The van der Waals surface area contributed by atoms with Crippen LogP contribution in [0.5, 0.6) is 0 Å². The second-order valence-electron chi connectivity index (χ2n) is 16.4. The number of fused-ring (bicyclic) bond motifs is 6. The summed E-state index contributed by atoms with van der Waals surface area (Å²) in [6, 6.07) is 91.6. The average molecular weight is 820 g/mol. The van der Waals surface area contributed by atoms with Crippen molar-refractivity contribution in [2.24, 2.45) is 0 Å². The molecule has 1 nitrogen and oxygen atoms in total. The molecule has 0 radical (unpaired) electrons. The fourth-order valence-electron chi connectivity index (χ4n) is 10.1. The smallest absolute Gasteiger partial charge is 0.0713 e. The van der Waals surface area contributed by atoms with E-state index in [1.165, 1.54) is 86.9 Å². The molecule has 0 N–H and O–H groups in total. The molecule has 2 heteroatoms. The maximum atomic E-state index is 2.50. The molecule has 0 saturated heterocycles. The largest absolute Gasteiger partial charge is 0.308 e. The zero-order chi connectivity index (χ0) is 41.7. The Morgan fingerprint density at radius 2 is 0.857 bits per heavy atom. The molecule has 63 heavy (non-hydrogen) atoms. The maximum absolute atomic E-state index is 2.50. The summed E-state index contributed by atoms with van der Waals surface area (Å²) in [5, 5.41) is 2.53. The monoisotopic (exact) mass is 819 g/mol. The predicted molar refractivity (Wildman–Crippen MR) is 268 cm³/mol. The number of thiophene rings is 1. The van der Waals surface area contributed by atoms with Crippen molar-refractivity contribution in [2.45, 2.75) is 5.41 Å². The van der Waals surface area contributed by atoms with Gasteiger partial charge in [-0.3, -0.25) is 0 Å². The van der Waals surface area contributed by atoms with Crippen molar-refractivity contribution in [2.75, 3.05) is 4.90 Å². The third-order valence-electron chi connectivity index (χ3n) is 13.0. The van der Waals surface area contributed by atoms with E-state index in [0.29, 0.717) is 0 Å². The Morgan fingerprint density at radius 3 is 1.57 bits per heavy atom. The van der Waals surface area contributed by atoms with Crippen LogP contribution in [0.1, 0.15) is 22.3 Å². The SMILES string of the molecule is c1ccc(-c2ccc(N(c3ccccc3-c3ccccc3)c3cc(-c4ccc5c(c4)C(c4ccccc4)(c4ccccc4)c4ccccc4-5)cc4c3sc3ccccc34)cc2)cc1. The van der Waals surface area contributed by atoms with Gasteiger partial charge in [0.25, 0.3) is 0 Å². The summed E-state index contributed by atoms with van der Waals surface area (Å²) in [4.78, 5) is 2.50. The Bertz CT molecular complexity index is 3390. The third kappa shape index (κ3) is 6.06. The molecular formula is C61H41NS. The van der Waals surface area contributed by atoms with Crippen molar-refractivity contribution < 1.29 is 0 Å². The molecule has 1 heterocycles. The van der Waals surface area contributed by atoms with Crippen LogP contribution in [-0.4, -0.2) is 0 Å². The number of hydrogen-bond acceptors (Lipinski definition) is 2. The fraction of sp³-hybridized carbons (Fsp3) is 0.0164. The van der Waals surface area contributed by atoms with E-state index in [4.69, 9.17) is 0 Å². The van der Waals surface area contributed by atoms with Crippen LogP contribution < -0.4 is 4.90 Å². The van der Waals surface area contributed by atoms with E-state index < -0.39 is 5.41 Å². The molecule has 0 fully saturated rings. The summed E-state index contributed by atoms with van der Waals surface area (Å²) >= 11 is 1.88. The standard InChI is InChI=1S/C61H41NS/c1-5-19-42(20-6-1)43-33-36-49(37-34-43)62(57-31-17-14-27-50(57)44-21-7-2-8-22-44)58-41-46(39-54-53-29-15-18-32-59(53)63-60(54)58)45-35-38-52-51-28-13-16-30-55(51)61(56(52)40-45,47-23-9-3-10-24-47)48-25-11-4-12-26-48/h1-41H. The van der Waals surface area contributed by atoms with Crippen LogP contribution in [0.3, 0.4) is 0 Å². The molecule has 0 atom stereocenters. The fourth-order valence-corrected chi connectivity index (χ4v) is 11.3. The average Bonchev–Trinajstić information content (AvgIpc) is 3.89. The molecule has 296 valence electrons. The zero-order valence-electron chi connectivity index (χ0n) is 34.5. The van der Waals surface area contributed by atoms with Crippen LogP contribution >= 0.6 is 11.3 Å².